The molecule has 0 fully saturated rings. The summed E-state index contributed by atoms with van der Waals surface area (Å²) in [6, 6.07) is 7.05. The van der Waals surface area contributed by atoms with Gasteiger partial charge in [0.05, 0.1) is 5.56 Å². The maximum atomic E-state index is 11.2. The molecule has 1 aliphatic heterocycles. The Kier molecular flexibility index (Phi) is 3.76. The monoisotopic (exact) mass is 332 g/mol. The van der Waals surface area contributed by atoms with E-state index in [1.807, 2.05) is 0 Å². The first-order chi connectivity index (χ1) is 11.3. The van der Waals surface area contributed by atoms with Crippen molar-refractivity contribution in [3.05, 3.63) is 41.5 Å². The van der Waals surface area contributed by atoms with Crippen molar-refractivity contribution in [1.82, 2.24) is 10.2 Å². The van der Waals surface area contributed by atoms with E-state index in [1.54, 1.807) is 13.8 Å². The van der Waals surface area contributed by atoms with Gasteiger partial charge in [-0.3, -0.25) is 0 Å². The highest BCUT2D eigenvalue weighted by atomic mass is 16.5. The molecular formula is C16H16N2O6. The van der Waals surface area contributed by atoms with Gasteiger partial charge in [0.15, 0.2) is 6.10 Å². The summed E-state index contributed by atoms with van der Waals surface area (Å²) in [4.78, 5) is 11.2. The number of hydrogen-bond acceptors (Lipinski definition) is 7. The zero-order chi connectivity index (χ0) is 17.5. The molecule has 0 bridgehead atoms. The van der Waals surface area contributed by atoms with Gasteiger partial charge in [0.25, 0.3) is 0 Å². The van der Waals surface area contributed by atoms with E-state index in [0.717, 1.165) is 0 Å². The molecule has 3 N–H and O–H groups in total. The van der Waals surface area contributed by atoms with Gasteiger partial charge < -0.3 is 24.8 Å². The summed E-state index contributed by atoms with van der Waals surface area (Å²) < 4.78 is 11.5. The summed E-state index contributed by atoms with van der Waals surface area (Å²) in [5.41, 5.74) is -0.501. The standard InChI is InChI=1S/C16H16N2O6/c1-16(2)14(20)13(23-12-6-5-11(19)17-18-12)9-7-8(15(21)22)3-4-10(9)24-16/h3-7,13-14,20H,1-2H3,(H,17,19)(H,21,22). The number of aliphatic hydroxyl groups excluding tert-OH is 1. The van der Waals surface area contributed by atoms with Crippen LogP contribution in [0.4, 0.5) is 0 Å². The summed E-state index contributed by atoms with van der Waals surface area (Å²) in [7, 11) is 0. The van der Waals surface area contributed by atoms with Crippen molar-refractivity contribution in [2.24, 2.45) is 0 Å². The molecule has 0 aliphatic carbocycles. The Morgan fingerprint density at radius 2 is 2.00 bits per heavy atom. The second-order valence-electron chi connectivity index (χ2n) is 5.98. The molecule has 2 atom stereocenters. The molecule has 0 amide bonds. The number of carbonyl (C=O) groups is 1. The Morgan fingerprint density at radius 3 is 2.62 bits per heavy atom. The normalized spacial score (nSPS) is 21.5. The molecule has 2 unspecified atom stereocenters. The summed E-state index contributed by atoms with van der Waals surface area (Å²) in [6.45, 7) is 3.40. The van der Waals surface area contributed by atoms with Crippen LogP contribution in [0.2, 0.25) is 0 Å². The Labute approximate surface area is 137 Å². The van der Waals surface area contributed by atoms with Crippen LogP contribution in [-0.2, 0) is 0 Å². The summed E-state index contributed by atoms with van der Waals surface area (Å²) in [5.74, 6) is -0.850. The molecule has 0 spiro atoms. The number of aromatic carboxylic acids is 1. The number of nitrogens with zero attached hydrogens (tertiary/aromatic N) is 2. The predicted octanol–water partition coefficient (Wildman–Crippen LogP) is 1.53. The second kappa shape index (κ2) is 5.64. The predicted molar refractivity (Wildman–Crippen MR) is 81.2 cm³/mol. The molecule has 8 nitrogen and oxygen atoms in total. The number of carboxylic acids is 1. The van der Waals surface area contributed by atoms with E-state index in [9.17, 15) is 15.0 Å². The van der Waals surface area contributed by atoms with E-state index in [1.165, 1.54) is 30.3 Å². The van der Waals surface area contributed by atoms with Crippen LogP contribution in [0, 0.1) is 0 Å². The molecule has 1 aromatic heterocycles. The van der Waals surface area contributed by atoms with Gasteiger partial charge in [0, 0.05) is 17.7 Å². The maximum absolute atomic E-state index is 11.2. The zero-order valence-corrected chi connectivity index (χ0v) is 13.0. The quantitative estimate of drug-likeness (QED) is 0.773. The number of benzene rings is 1. The van der Waals surface area contributed by atoms with Crippen molar-refractivity contribution in [3.8, 4) is 17.5 Å². The van der Waals surface area contributed by atoms with Crippen molar-refractivity contribution in [3.63, 3.8) is 0 Å². The van der Waals surface area contributed by atoms with Crippen molar-refractivity contribution in [2.45, 2.75) is 31.7 Å². The van der Waals surface area contributed by atoms with E-state index in [2.05, 4.69) is 10.2 Å². The molecule has 3 rings (SSSR count). The van der Waals surface area contributed by atoms with Crippen LogP contribution in [0.1, 0.15) is 35.9 Å². The Morgan fingerprint density at radius 1 is 1.25 bits per heavy atom. The third-order valence-corrected chi connectivity index (χ3v) is 3.81. The van der Waals surface area contributed by atoms with Gasteiger partial charge in [-0.25, -0.2) is 4.79 Å². The minimum atomic E-state index is -1.10. The molecule has 2 aromatic rings. The number of ether oxygens (including phenoxy) is 2. The SMILES string of the molecule is CC1(C)Oc2ccc(C(=O)O)cc2C(Oc2ccc(O)nn2)C1O. The number of hydrogen-bond donors (Lipinski definition) is 3. The van der Waals surface area contributed by atoms with Crippen LogP contribution in [0.3, 0.4) is 0 Å². The topological polar surface area (TPSA) is 122 Å². The van der Waals surface area contributed by atoms with E-state index in [-0.39, 0.29) is 17.3 Å². The fraction of sp³-hybridized carbons (Fsp3) is 0.312. The van der Waals surface area contributed by atoms with Crippen LogP contribution in [0.5, 0.6) is 17.5 Å². The fourth-order valence-corrected chi connectivity index (χ4v) is 2.51. The number of carboxylic acid groups (broad SMARTS) is 1. The molecule has 1 aliphatic rings. The second-order valence-corrected chi connectivity index (χ2v) is 5.98. The lowest BCUT2D eigenvalue weighted by atomic mass is 9.87. The zero-order valence-electron chi connectivity index (χ0n) is 13.0. The number of aromatic nitrogens is 2. The third-order valence-electron chi connectivity index (χ3n) is 3.81. The van der Waals surface area contributed by atoms with Crippen LogP contribution in [-0.4, -0.2) is 43.2 Å². The van der Waals surface area contributed by atoms with Gasteiger partial charge in [-0.15, -0.1) is 10.2 Å². The maximum Gasteiger partial charge on any atom is 0.335 e. The smallest absolute Gasteiger partial charge is 0.335 e. The minimum absolute atomic E-state index is 0.0506. The van der Waals surface area contributed by atoms with Crippen molar-refractivity contribution < 1.29 is 29.6 Å². The third kappa shape index (κ3) is 2.83. The first-order valence-electron chi connectivity index (χ1n) is 7.21. The summed E-state index contributed by atoms with van der Waals surface area (Å²) in [6.07, 6.45) is -1.98. The highest BCUT2D eigenvalue weighted by Gasteiger charge is 2.44. The molecule has 2 heterocycles. The summed E-state index contributed by atoms with van der Waals surface area (Å²) >= 11 is 0. The Hall–Kier alpha value is -2.87. The molecule has 24 heavy (non-hydrogen) atoms. The Balaban J connectivity index is 2.04. The van der Waals surface area contributed by atoms with Crippen LogP contribution in [0.15, 0.2) is 30.3 Å². The molecule has 8 heteroatoms. The first kappa shape index (κ1) is 16.0. The average molecular weight is 332 g/mol. The van der Waals surface area contributed by atoms with Gasteiger partial charge >= 0.3 is 5.97 Å². The summed E-state index contributed by atoms with van der Waals surface area (Å²) in [5, 5.41) is 36.1. The lowest BCUT2D eigenvalue weighted by Gasteiger charge is -2.41. The van der Waals surface area contributed by atoms with Crippen LogP contribution in [0.25, 0.3) is 0 Å². The highest BCUT2D eigenvalue weighted by molar-refractivity contribution is 5.88. The minimum Gasteiger partial charge on any atom is -0.492 e. The molecule has 0 radical (unpaired) electrons. The largest absolute Gasteiger partial charge is 0.492 e. The van der Waals surface area contributed by atoms with Crippen LogP contribution >= 0.6 is 0 Å². The fourth-order valence-electron chi connectivity index (χ4n) is 2.51. The average Bonchev–Trinajstić information content (AvgIpc) is 2.53. The van der Waals surface area contributed by atoms with Gasteiger partial charge in [0.2, 0.25) is 11.8 Å². The number of aliphatic hydroxyl groups is 1. The van der Waals surface area contributed by atoms with Gasteiger partial charge in [-0.05, 0) is 32.0 Å². The number of rotatable bonds is 3. The van der Waals surface area contributed by atoms with Gasteiger partial charge in [0.1, 0.15) is 17.5 Å². The Bertz CT molecular complexity index is 775. The van der Waals surface area contributed by atoms with Crippen LogP contribution < -0.4 is 9.47 Å². The van der Waals surface area contributed by atoms with E-state index >= 15 is 0 Å². The lowest BCUT2D eigenvalue weighted by Crippen LogP contribution is -2.50. The van der Waals surface area contributed by atoms with E-state index in [4.69, 9.17) is 14.6 Å². The number of aromatic hydroxyl groups is 1. The van der Waals surface area contributed by atoms with Crippen molar-refractivity contribution in [1.29, 1.82) is 0 Å². The molecule has 0 saturated heterocycles. The molecular weight excluding hydrogens is 316 g/mol. The highest BCUT2D eigenvalue weighted by Crippen LogP contribution is 2.42. The van der Waals surface area contributed by atoms with E-state index in [0.29, 0.717) is 11.3 Å². The van der Waals surface area contributed by atoms with E-state index < -0.39 is 23.8 Å². The van der Waals surface area contributed by atoms with Gasteiger partial charge in [-0.1, -0.05) is 0 Å². The number of fused-ring (bicyclic) bond motifs is 1. The molecule has 126 valence electrons. The molecule has 1 aromatic carbocycles. The molecule has 0 saturated carbocycles. The van der Waals surface area contributed by atoms with Crippen molar-refractivity contribution >= 4 is 5.97 Å². The first-order valence-corrected chi connectivity index (χ1v) is 7.21. The lowest BCUT2D eigenvalue weighted by molar-refractivity contribution is -0.104. The van der Waals surface area contributed by atoms with Crippen molar-refractivity contribution in [2.75, 3.05) is 0 Å². The van der Waals surface area contributed by atoms with Gasteiger partial charge in [-0.2, -0.15) is 0 Å².